The fourth-order valence-electron chi connectivity index (χ4n) is 2.41. The van der Waals surface area contributed by atoms with Crippen LogP contribution in [0.1, 0.15) is 24.1 Å². The molecule has 2 rings (SSSR count). The largest absolute Gasteiger partial charge is 0.472 e. The quantitative estimate of drug-likeness (QED) is 0.915. The molecular weight excluding hydrogens is 304 g/mol. The Kier molecular flexibility index (Phi) is 4.80. The van der Waals surface area contributed by atoms with Crippen LogP contribution in [0.2, 0.25) is 0 Å². The zero-order chi connectivity index (χ0) is 13.8. The molecule has 0 aliphatic rings. The maximum atomic E-state index is 6.18. The van der Waals surface area contributed by atoms with Gasteiger partial charge >= 0.3 is 0 Å². The molecular formula is C15H19BrN2O. The van der Waals surface area contributed by atoms with Crippen molar-refractivity contribution >= 4 is 15.9 Å². The molecule has 0 bridgehead atoms. The van der Waals surface area contributed by atoms with E-state index in [0.717, 1.165) is 16.6 Å². The first kappa shape index (κ1) is 14.3. The molecule has 0 radical (unpaired) electrons. The van der Waals surface area contributed by atoms with Crippen molar-refractivity contribution in [2.45, 2.75) is 25.6 Å². The van der Waals surface area contributed by atoms with Gasteiger partial charge in [-0.1, -0.05) is 34.1 Å². The molecule has 0 aliphatic heterocycles. The van der Waals surface area contributed by atoms with Crippen molar-refractivity contribution in [1.29, 1.82) is 0 Å². The van der Waals surface area contributed by atoms with Gasteiger partial charge in [0, 0.05) is 22.6 Å². The highest BCUT2D eigenvalue weighted by Gasteiger charge is 2.23. The van der Waals surface area contributed by atoms with Gasteiger partial charge in [0.05, 0.1) is 18.6 Å². The first-order valence-corrected chi connectivity index (χ1v) is 7.10. The molecule has 19 heavy (non-hydrogen) atoms. The zero-order valence-electron chi connectivity index (χ0n) is 11.2. The maximum Gasteiger partial charge on any atom is 0.0947 e. The summed E-state index contributed by atoms with van der Waals surface area (Å²) in [5.74, 6) is 0. The van der Waals surface area contributed by atoms with Crippen molar-refractivity contribution in [3.63, 3.8) is 0 Å². The smallest absolute Gasteiger partial charge is 0.0947 e. The summed E-state index contributed by atoms with van der Waals surface area (Å²) in [5, 5.41) is 0. The second-order valence-electron chi connectivity index (χ2n) is 4.87. The predicted molar refractivity (Wildman–Crippen MR) is 80.7 cm³/mol. The number of likely N-dealkylation sites (N-methyl/N-ethyl adjacent to an activating group) is 1. The maximum absolute atomic E-state index is 6.18. The minimum absolute atomic E-state index is 0.0376. The Morgan fingerprint density at radius 3 is 2.63 bits per heavy atom. The first-order chi connectivity index (χ1) is 9.09. The molecule has 1 aromatic heterocycles. The van der Waals surface area contributed by atoms with Crippen LogP contribution in [0.4, 0.5) is 0 Å². The summed E-state index contributed by atoms with van der Waals surface area (Å²) in [5.41, 5.74) is 8.55. The van der Waals surface area contributed by atoms with Crippen molar-refractivity contribution < 1.29 is 4.42 Å². The van der Waals surface area contributed by atoms with Gasteiger partial charge in [0.25, 0.3) is 0 Å². The van der Waals surface area contributed by atoms with Crippen LogP contribution in [-0.4, -0.2) is 18.0 Å². The summed E-state index contributed by atoms with van der Waals surface area (Å²) in [4.78, 5) is 2.25. The molecule has 0 saturated heterocycles. The minimum Gasteiger partial charge on any atom is -0.472 e. The number of rotatable bonds is 5. The van der Waals surface area contributed by atoms with E-state index in [-0.39, 0.29) is 12.1 Å². The topological polar surface area (TPSA) is 42.4 Å². The fourth-order valence-corrected chi connectivity index (χ4v) is 2.93. The summed E-state index contributed by atoms with van der Waals surface area (Å²) in [6.45, 7) is 2.85. The highest BCUT2D eigenvalue weighted by Crippen LogP contribution is 2.29. The SMILES string of the molecule is CC(N)C(c1ccccc1Br)N(C)Cc1ccoc1. The van der Waals surface area contributed by atoms with Crippen molar-refractivity contribution in [2.75, 3.05) is 7.05 Å². The average Bonchev–Trinajstić information content (AvgIpc) is 2.84. The molecule has 2 unspecified atom stereocenters. The van der Waals surface area contributed by atoms with E-state index >= 15 is 0 Å². The van der Waals surface area contributed by atoms with Gasteiger partial charge in [-0.2, -0.15) is 0 Å². The lowest BCUT2D eigenvalue weighted by molar-refractivity contribution is 0.210. The van der Waals surface area contributed by atoms with Gasteiger partial charge in [-0.3, -0.25) is 4.90 Å². The summed E-state index contributed by atoms with van der Waals surface area (Å²) >= 11 is 3.61. The number of halogens is 1. The lowest BCUT2D eigenvalue weighted by Gasteiger charge is -2.31. The van der Waals surface area contributed by atoms with E-state index in [0.29, 0.717) is 0 Å². The summed E-state index contributed by atoms with van der Waals surface area (Å²) in [7, 11) is 2.08. The van der Waals surface area contributed by atoms with Crippen LogP contribution in [0.5, 0.6) is 0 Å². The normalized spacial score (nSPS) is 14.6. The van der Waals surface area contributed by atoms with E-state index in [1.807, 2.05) is 25.1 Å². The number of hydrogen-bond donors (Lipinski definition) is 1. The lowest BCUT2D eigenvalue weighted by atomic mass is 9.99. The van der Waals surface area contributed by atoms with Gasteiger partial charge in [-0.05, 0) is 31.7 Å². The van der Waals surface area contributed by atoms with E-state index in [9.17, 15) is 0 Å². The van der Waals surface area contributed by atoms with Crippen molar-refractivity contribution in [3.8, 4) is 0 Å². The van der Waals surface area contributed by atoms with Crippen LogP contribution in [0.3, 0.4) is 0 Å². The van der Waals surface area contributed by atoms with E-state index in [1.165, 1.54) is 5.56 Å². The average molecular weight is 323 g/mol. The number of hydrogen-bond acceptors (Lipinski definition) is 3. The second kappa shape index (κ2) is 6.37. The van der Waals surface area contributed by atoms with E-state index < -0.39 is 0 Å². The van der Waals surface area contributed by atoms with Crippen molar-refractivity contribution in [1.82, 2.24) is 4.90 Å². The Labute approximate surface area is 122 Å². The molecule has 1 heterocycles. The van der Waals surface area contributed by atoms with Gasteiger partial charge < -0.3 is 10.2 Å². The van der Waals surface area contributed by atoms with E-state index in [4.69, 9.17) is 10.2 Å². The predicted octanol–water partition coefficient (Wildman–Crippen LogP) is 3.56. The third-order valence-electron chi connectivity index (χ3n) is 3.21. The molecule has 4 heteroatoms. The Bertz CT molecular complexity index is 511. The summed E-state index contributed by atoms with van der Waals surface area (Å²) in [6.07, 6.45) is 3.47. The Balaban J connectivity index is 2.23. The Hall–Kier alpha value is -1.10. The molecule has 2 aromatic rings. The molecule has 0 fully saturated rings. The van der Waals surface area contributed by atoms with Gasteiger partial charge in [-0.15, -0.1) is 0 Å². The minimum atomic E-state index is 0.0376. The Morgan fingerprint density at radius 2 is 2.05 bits per heavy atom. The summed E-state index contributed by atoms with van der Waals surface area (Å²) < 4.78 is 6.21. The number of nitrogens with zero attached hydrogens (tertiary/aromatic N) is 1. The monoisotopic (exact) mass is 322 g/mol. The van der Waals surface area contributed by atoms with Crippen LogP contribution in [0, 0.1) is 0 Å². The molecule has 2 atom stereocenters. The zero-order valence-corrected chi connectivity index (χ0v) is 12.8. The van der Waals surface area contributed by atoms with Crippen LogP contribution in [0.15, 0.2) is 51.7 Å². The third kappa shape index (κ3) is 3.47. The van der Waals surface area contributed by atoms with E-state index in [2.05, 4.69) is 40.0 Å². The van der Waals surface area contributed by atoms with Crippen LogP contribution in [-0.2, 0) is 6.54 Å². The number of benzene rings is 1. The Morgan fingerprint density at radius 1 is 1.32 bits per heavy atom. The van der Waals surface area contributed by atoms with Crippen LogP contribution < -0.4 is 5.73 Å². The molecule has 102 valence electrons. The van der Waals surface area contributed by atoms with Crippen molar-refractivity contribution in [2.24, 2.45) is 5.73 Å². The van der Waals surface area contributed by atoms with Gasteiger partial charge in [0.15, 0.2) is 0 Å². The first-order valence-electron chi connectivity index (χ1n) is 6.31. The van der Waals surface area contributed by atoms with Crippen molar-refractivity contribution in [3.05, 3.63) is 58.5 Å². The standard InChI is InChI=1S/C15H19BrN2O/c1-11(17)15(13-5-3-4-6-14(13)16)18(2)9-12-7-8-19-10-12/h3-8,10-11,15H,9,17H2,1-2H3. The van der Waals surface area contributed by atoms with Gasteiger partial charge in [0.2, 0.25) is 0 Å². The highest BCUT2D eigenvalue weighted by molar-refractivity contribution is 9.10. The van der Waals surface area contributed by atoms with Gasteiger partial charge in [-0.25, -0.2) is 0 Å². The fraction of sp³-hybridized carbons (Fsp3) is 0.333. The molecule has 0 amide bonds. The molecule has 1 aromatic carbocycles. The second-order valence-corrected chi connectivity index (χ2v) is 5.73. The molecule has 3 nitrogen and oxygen atoms in total. The third-order valence-corrected chi connectivity index (χ3v) is 3.93. The van der Waals surface area contributed by atoms with Gasteiger partial charge in [0.1, 0.15) is 0 Å². The highest BCUT2D eigenvalue weighted by atomic mass is 79.9. The lowest BCUT2D eigenvalue weighted by Crippen LogP contribution is -2.37. The molecule has 0 spiro atoms. The molecule has 0 saturated carbocycles. The van der Waals surface area contributed by atoms with E-state index in [1.54, 1.807) is 12.5 Å². The van der Waals surface area contributed by atoms with Crippen LogP contribution in [0.25, 0.3) is 0 Å². The molecule has 2 N–H and O–H groups in total. The number of furan rings is 1. The summed E-state index contributed by atoms with van der Waals surface area (Å²) in [6, 6.07) is 10.4. The number of nitrogens with two attached hydrogens (primary N) is 1. The van der Waals surface area contributed by atoms with Crippen LogP contribution >= 0.6 is 15.9 Å². The molecule has 0 aliphatic carbocycles.